The van der Waals surface area contributed by atoms with Crippen LogP contribution in [-0.2, 0) is 11.2 Å². The maximum Gasteiger partial charge on any atom is 0.0842 e. The van der Waals surface area contributed by atoms with Gasteiger partial charge >= 0.3 is 0 Å². The number of benzene rings is 1. The summed E-state index contributed by atoms with van der Waals surface area (Å²) in [5, 5.41) is 0. The minimum atomic E-state index is 0.480. The lowest BCUT2D eigenvalue weighted by Crippen LogP contribution is -1.94. The maximum atomic E-state index is 5.59. The van der Waals surface area contributed by atoms with Crippen LogP contribution in [0.15, 0.2) is 24.3 Å². The molecule has 13 heavy (non-hydrogen) atoms. The molecule has 2 N–H and O–H groups in total. The minimum absolute atomic E-state index is 0.480. The molecule has 1 saturated heterocycles. The van der Waals surface area contributed by atoms with Gasteiger partial charge in [-0.25, -0.2) is 0 Å². The average Bonchev–Trinajstić information content (AvgIpc) is 2.81. The molecular formula is C11H15NO. The molecule has 70 valence electrons. The van der Waals surface area contributed by atoms with Gasteiger partial charge in [-0.1, -0.05) is 12.1 Å². The van der Waals surface area contributed by atoms with E-state index in [1.807, 2.05) is 12.1 Å². The zero-order valence-electron chi connectivity index (χ0n) is 7.86. The first-order valence-electron chi connectivity index (χ1n) is 4.75. The lowest BCUT2D eigenvalue weighted by molar-refractivity contribution is 0.370. The van der Waals surface area contributed by atoms with E-state index in [4.69, 9.17) is 10.5 Å². The Kier molecular flexibility index (Phi) is 2.23. The van der Waals surface area contributed by atoms with E-state index in [9.17, 15) is 0 Å². The van der Waals surface area contributed by atoms with E-state index < -0.39 is 0 Å². The molecular weight excluding hydrogens is 162 g/mol. The number of anilines is 1. The van der Waals surface area contributed by atoms with Gasteiger partial charge < -0.3 is 10.5 Å². The molecule has 2 rings (SSSR count). The molecule has 1 aliphatic rings. The Hall–Kier alpha value is -1.02. The van der Waals surface area contributed by atoms with Crippen LogP contribution in [0.3, 0.4) is 0 Å². The fraction of sp³-hybridized carbons (Fsp3) is 0.455. The molecule has 1 fully saturated rings. The van der Waals surface area contributed by atoms with Crippen molar-refractivity contribution < 1.29 is 4.74 Å². The number of ether oxygens (including phenoxy) is 1. The molecule has 1 aliphatic heterocycles. The zero-order chi connectivity index (χ0) is 9.26. The Balaban J connectivity index is 1.84. The van der Waals surface area contributed by atoms with Crippen LogP contribution < -0.4 is 5.73 Å². The molecule has 0 amide bonds. The monoisotopic (exact) mass is 177 g/mol. The average molecular weight is 177 g/mol. The Labute approximate surface area is 78.7 Å². The van der Waals surface area contributed by atoms with Crippen molar-refractivity contribution in [3.8, 4) is 0 Å². The third kappa shape index (κ3) is 2.22. The predicted molar refractivity (Wildman–Crippen MR) is 53.5 cm³/mol. The highest BCUT2D eigenvalue weighted by atomic mass is 16.6. The summed E-state index contributed by atoms with van der Waals surface area (Å²) in [6.45, 7) is 2.12. The normalized spacial score (nSPS) is 25.9. The predicted octanol–water partition coefficient (Wildman–Crippen LogP) is 1.99. The van der Waals surface area contributed by atoms with Crippen molar-refractivity contribution in [2.24, 2.45) is 0 Å². The highest BCUT2D eigenvalue weighted by Crippen LogP contribution is 2.25. The van der Waals surface area contributed by atoms with Crippen LogP contribution in [0.2, 0.25) is 0 Å². The molecule has 0 aromatic heterocycles. The van der Waals surface area contributed by atoms with E-state index in [1.54, 1.807) is 0 Å². The van der Waals surface area contributed by atoms with Gasteiger partial charge in [0.1, 0.15) is 0 Å². The number of hydrogen-bond acceptors (Lipinski definition) is 2. The van der Waals surface area contributed by atoms with Gasteiger partial charge in [-0.3, -0.25) is 0 Å². The van der Waals surface area contributed by atoms with E-state index in [0.717, 1.165) is 18.5 Å². The summed E-state index contributed by atoms with van der Waals surface area (Å²) in [5.41, 5.74) is 7.77. The van der Waals surface area contributed by atoms with Gasteiger partial charge in [-0.15, -0.1) is 0 Å². The number of epoxide rings is 1. The van der Waals surface area contributed by atoms with Crippen LogP contribution in [0, 0.1) is 0 Å². The molecule has 0 bridgehead atoms. The molecule has 1 aromatic carbocycles. The summed E-state index contributed by atoms with van der Waals surface area (Å²) in [7, 11) is 0. The van der Waals surface area contributed by atoms with E-state index in [-0.39, 0.29) is 0 Å². The van der Waals surface area contributed by atoms with Gasteiger partial charge in [0.15, 0.2) is 0 Å². The van der Waals surface area contributed by atoms with Crippen molar-refractivity contribution in [3.05, 3.63) is 29.8 Å². The van der Waals surface area contributed by atoms with Crippen LogP contribution in [0.4, 0.5) is 5.69 Å². The van der Waals surface area contributed by atoms with Crippen LogP contribution in [0.25, 0.3) is 0 Å². The summed E-state index contributed by atoms with van der Waals surface area (Å²) in [5.74, 6) is 0. The number of hydrogen-bond donors (Lipinski definition) is 1. The number of aryl methyl sites for hydroxylation is 1. The minimum Gasteiger partial charge on any atom is -0.399 e. The van der Waals surface area contributed by atoms with Gasteiger partial charge in [0.05, 0.1) is 12.2 Å². The fourth-order valence-electron chi connectivity index (χ4n) is 1.53. The second-order valence-corrected chi connectivity index (χ2v) is 3.66. The largest absolute Gasteiger partial charge is 0.399 e. The zero-order valence-corrected chi connectivity index (χ0v) is 7.86. The van der Waals surface area contributed by atoms with Crippen molar-refractivity contribution in [1.29, 1.82) is 0 Å². The summed E-state index contributed by atoms with van der Waals surface area (Å²) in [6, 6.07) is 8.07. The maximum absolute atomic E-state index is 5.59. The smallest absolute Gasteiger partial charge is 0.0842 e. The Bertz CT molecular complexity index is 281. The first-order valence-corrected chi connectivity index (χ1v) is 4.75. The highest BCUT2D eigenvalue weighted by Gasteiger charge is 2.32. The lowest BCUT2D eigenvalue weighted by atomic mass is 10.1. The van der Waals surface area contributed by atoms with Gasteiger partial charge in [0.25, 0.3) is 0 Å². The molecule has 2 unspecified atom stereocenters. The first-order chi connectivity index (χ1) is 6.25. The number of rotatable bonds is 3. The van der Waals surface area contributed by atoms with Gasteiger partial charge in [-0.2, -0.15) is 0 Å². The molecule has 1 heterocycles. The Morgan fingerprint density at radius 3 is 2.46 bits per heavy atom. The quantitative estimate of drug-likeness (QED) is 0.566. The third-order valence-electron chi connectivity index (χ3n) is 2.53. The van der Waals surface area contributed by atoms with Crippen molar-refractivity contribution in [2.75, 3.05) is 5.73 Å². The van der Waals surface area contributed by atoms with E-state index in [0.29, 0.717) is 12.2 Å². The molecule has 2 heteroatoms. The van der Waals surface area contributed by atoms with Crippen molar-refractivity contribution in [2.45, 2.75) is 32.0 Å². The molecule has 1 aromatic rings. The van der Waals surface area contributed by atoms with Gasteiger partial charge in [0.2, 0.25) is 0 Å². The van der Waals surface area contributed by atoms with E-state index in [2.05, 4.69) is 19.1 Å². The van der Waals surface area contributed by atoms with Crippen LogP contribution in [-0.4, -0.2) is 12.2 Å². The van der Waals surface area contributed by atoms with Crippen molar-refractivity contribution in [3.63, 3.8) is 0 Å². The lowest BCUT2D eigenvalue weighted by Gasteiger charge is -1.99. The molecule has 0 saturated carbocycles. The fourth-order valence-corrected chi connectivity index (χ4v) is 1.53. The Morgan fingerprint density at radius 2 is 1.92 bits per heavy atom. The second-order valence-electron chi connectivity index (χ2n) is 3.66. The molecule has 0 spiro atoms. The molecule has 2 atom stereocenters. The highest BCUT2D eigenvalue weighted by molar-refractivity contribution is 5.39. The van der Waals surface area contributed by atoms with Crippen LogP contribution in [0.5, 0.6) is 0 Å². The number of nitrogen functional groups attached to an aromatic ring is 1. The topological polar surface area (TPSA) is 38.5 Å². The van der Waals surface area contributed by atoms with Crippen LogP contribution >= 0.6 is 0 Å². The Morgan fingerprint density at radius 1 is 1.31 bits per heavy atom. The SMILES string of the molecule is CC1OC1CCc1ccc(N)cc1. The van der Waals surface area contributed by atoms with Crippen molar-refractivity contribution in [1.82, 2.24) is 0 Å². The summed E-state index contributed by atoms with van der Waals surface area (Å²) in [4.78, 5) is 0. The summed E-state index contributed by atoms with van der Waals surface area (Å²) < 4.78 is 5.34. The van der Waals surface area contributed by atoms with Gasteiger partial charge in [0, 0.05) is 5.69 Å². The summed E-state index contributed by atoms with van der Waals surface area (Å²) in [6.07, 6.45) is 3.20. The standard InChI is InChI=1S/C11H15NO/c1-8-11(13-8)7-4-9-2-5-10(12)6-3-9/h2-3,5-6,8,11H,4,7,12H2,1H3. The molecule has 0 radical (unpaired) electrons. The second kappa shape index (κ2) is 3.38. The first kappa shape index (κ1) is 8.57. The van der Waals surface area contributed by atoms with E-state index >= 15 is 0 Å². The third-order valence-corrected chi connectivity index (χ3v) is 2.53. The molecule has 2 nitrogen and oxygen atoms in total. The number of nitrogens with two attached hydrogens (primary N) is 1. The summed E-state index contributed by atoms with van der Waals surface area (Å²) >= 11 is 0. The van der Waals surface area contributed by atoms with Crippen LogP contribution in [0.1, 0.15) is 18.9 Å². The van der Waals surface area contributed by atoms with Crippen molar-refractivity contribution >= 4 is 5.69 Å². The molecule has 0 aliphatic carbocycles. The van der Waals surface area contributed by atoms with E-state index in [1.165, 1.54) is 5.56 Å². The van der Waals surface area contributed by atoms with Gasteiger partial charge in [-0.05, 0) is 37.5 Å².